The lowest BCUT2D eigenvalue weighted by atomic mass is 10.2. The van der Waals surface area contributed by atoms with Crippen LogP contribution in [0.4, 0.5) is 10.5 Å². The van der Waals surface area contributed by atoms with Crippen molar-refractivity contribution in [2.45, 2.75) is 13.0 Å². The minimum atomic E-state index is -0.869. The highest BCUT2D eigenvalue weighted by Gasteiger charge is 2.18. The molecule has 0 bridgehead atoms. The Hall–Kier alpha value is -2.44. The number of rotatable bonds is 4. The van der Waals surface area contributed by atoms with Crippen molar-refractivity contribution in [2.24, 2.45) is 0 Å². The van der Waals surface area contributed by atoms with Gasteiger partial charge in [0.05, 0.1) is 12.8 Å². The molecule has 0 saturated carbocycles. The molecule has 0 aliphatic carbocycles. The van der Waals surface area contributed by atoms with Crippen LogP contribution in [0.5, 0.6) is 11.5 Å². The number of hydrogen-bond acceptors (Lipinski definition) is 5. The van der Waals surface area contributed by atoms with Gasteiger partial charge in [0.25, 0.3) is 5.91 Å². The largest absolute Gasteiger partial charge is 0.497 e. The fourth-order valence-electron chi connectivity index (χ4n) is 1.26. The van der Waals surface area contributed by atoms with Crippen LogP contribution >= 0.6 is 0 Å². The summed E-state index contributed by atoms with van der Waals surface area (Å²) in [6.45, 7) is 1.51. The molecule has 7 heteroatoms. The number of ether oxygens (including phenoxy) is 2. The van der Waals surface area contributed by atoms with Crippen LogP contribution in [0.1, 0.15) is 6.92 Å². The summed E-state index contributed by atoms with van der Waals surface area (Å²) in [5.74, 6) is 0.309. The molecule has 1 unspecified atom stereocenters. The van der Waals surface area contributed by atoms with Gasteiger partial charge < -0.3 is 20.5 Å². The molecule has 1 aromatic rings. The molecule has 0 saturated heterocycles. The maximum absolute atomic E-state index is 11.6. The van der Waals surface area contributed by atoms with Crippen molar-refractivity contribution in [2.75, 3.05) is 19.9 Å². The van der Waals surface area contributed by atoms with E-state index in [-0.39, 0.29) is 0 Å². The van der Waals surface area contributed by atoms with Gasteiger partial charge in [0.2, 0.25) is 0 Å². The summed E-state index contributed by atoms with van der Waals surface area (Å²) in [6.07, 6.45) is -0.869. The Morgan fingerprint density at radius 2 is 2.05 bits per heavy atom. The zero-order valence-electron chi connectivity index (χ0n) is 11.0. The van der Waals surface area contributed by atoms with Crippen molar-refractivity contribution < 1.29 is 19.1 Å². The molecule has 1 aromatic carbocycles. The summed E-state index contributed by atoms with van der Waals surface area (Å²) in [7, 11) is 2.92. The predicted octanol–water partition coefficient (Wildman–Crippen LogP) is 0.500. The average molecular weight is 267 g/mol. The number of hydrogen-bond donors (Lipinski definition) is 3. The van der Waals surface area contributed by atoms with Crippen LogP contribution in [0.2, 0.25) is 0 Å². The molecule has 0 aliphatic heterocycles. The van der Waals surface area contributed by atoms with Gasteiger partial charge in [-0.1, -0.05) is 0 Å². The van der Waals surface area contributed by atoms with E-state index in [0.29, 0.717) is 17.2 Å². The molecule has 1 rings (SSSR count). The van der Waals surface area contributed by atoms with Gasteiger partial charge in [0.1, 0.15) is 11.5 Å². The zero-order valence-corrected chi connectivity index (χ0v) is 11.0. The number of imide groups is 1. The second-order valence-corrected chi connectivity index (χ2v) is 3.73. The third kappa shape index (κ3) is 4.06. The maximum atomic E-state index is 11.6. The number of nitrogens with one attached hydrogen (secondary N) is 2. The Bertz CT molecular complexity index is 476. The van der Waals surface area contributed by atoms with E-state index < -0.39 is 18.0 Å². The Morgan fingerprint density at radius 3 is 2.63 bits per heavy atom. The first-order valence-corrected chi connectivity index (χ1v) is 5.60. The van der Waals surface area contributed by atoms with Crippen LogP contribution in [-0.2, 0) is 4.79 Å². The average Bonchev–Trinajstić information content (AvgIpc) is 2.40. The number of nitrogen functional groups attached to an aromatic ring is 1. The summed E-state index contributed by atoms with van der Waals surface area (Å²) in [5.41, 5.74) is 6.10. The van der Waals surface area contributed by atoms with Gasteiger partial charge >= 0.3 is 6.03 Å². The Balaban J connectivity index is 2.73. The van der Waals surface area contributed by atoms with E-state index in [4.69, 9.17) is 15.2 Å². The van der Waals surface area contributed by atoms with Gasteiger partial charge in [0.15, 0.2) is 6.10 Å². The standard InChI is InChI=1S/C12H17N3O4/c1-7(11(16)15-12(17)14-2)19-10-6-8(18-3)4-5-9(10)13/h4-7H,13H2,1-3H3,(H2,14,15,16,17). The molecule has 19 heavy (non-hydrogen) atoms. The highest BCUT2D eigenvalue weighted by Crippen LogP contribution is 2.27. The van der Waals surface area contributed by atoms with E-state index in [0.717, 1.165) is 0 Å². The lowest BCUT2D eigenvalue weighted by Gasteiger charge is -2.16. The topological polar surface area (TPSA) is 103 Å². The first-order valence-electron chi connectivity index (χ1n) is 5.60. The van der Waals surface area contributed by atoms with E-state index in [2.05, 4.69) is 10.6 Å². The Morgan fingerprint density at radius 1 is 1.37 bits per heavy atom. The molecule has 7 nitrogen and oxygen atoms in total. The molecule has 0 aromatic heterocycles. The highest BCUT2D eigenvalue weighted by molar-refractivity contribution is 5.96. The molecular weight excluding hydrogens is 250 g/mol. The van der Waals surface area contributed by atoms with Gasteiger partial charge in [-0.3, -0.25) is 10.1 Å². The summed E-state index contributed by atoms with van der Waals surface area (Å²) < 4.78 is 10.4. The van der Waals surface area contributed by atoms with Gasteiger partial charge in [-0.05, 0) is 19.1 Å². The number of carbonyl (C=O) groups is 2. The fraction of sp³-hybridized carbons (Fsp3) is 0.333. The molecule has 0 fully saturated rings. The molecule has 1 atom stereocenters. The second kappa shape index (κ2) is 6.48. The van der Waals surface area contributed by atoms with Gasteiger partial charge in [-0.15, -0.1) is 0 Å². The molecule has 0 spiro atoms. The monoisotopic (exact) mass is 267 g/mol. The number of nitrogens with two attached hydrogens (primary N) is 1. The number of amides is 3. The minimum absolute atomic E-state index is 0.318. The second-order valence-electron chi connectivity index (χ2n) is 3.73. The van der Waals surface area contributed by atoms with Crippen LogP contribution in [0.3, 0.4) is 0 Å². The van der Waals surface area contributed by atoms with Crippen molar-refractivity contribution in [1.82, 2.24) is 10.6 Å². The van der Waals surface area contributed by atoms with Gasteiger partial charge in [-0.2, -0.15) is 0 Å². The summed E-state index contributed by atoms with van der Waals surface area (Å²) in [5, 5.41) is 4.38. The van der Waals surface area contributed by atoms with Crippen LogP contribution in [-0.4, -0.2) is 32.2 Å². The molecule has 3 amide bonds. The first-order chi connectivity index (χ1) is 8.97. The third-order valence-electron chi connectivity index (χ3n) is 2.36. The third-order valence-corrected chi connectivity index (χ3v) is 2.36. The van der Waals surface area contributed by atoms with E-state index in [1.54, 1.807) is 18.2 Å². The predicted molar refractivity (Wildman–Crippen MR) is 70.1 cm³/mol. The zero-order chi connectivity index (χ0) is 14.4. The van der Waals surface area contributed by atoms with Gasteiger partial charge in [0, 0.05) is 13.1 Å². The summed E-state index contributed by atoms with van der Waals surface area (Å²) in [6, 6.07) is 4.26. The number of benzene rings is 1. The van der Waals surface area contributed by atoms with Crippen LogP contribution in [0, 0.1) is 0 Å². The van der Waals surface area contributed by atoms with Gasteiger partial charge in [-0.25, -0.2) is 4.79 Å². The number of methoxy groups -OCH3 is 1. The first kappa shape index (κ1) is 14.6. The molecule has 104 valence electrons. The number of anilines is 1. The maximum Gasteiger partial charge on any atom is 0.321 e. The molecule has 0 heterocycles. The lowest BCUT2D eigenvalue weighted by molar-refractivity contribution is -0.126. The number of carbonyl (C=O) groups excluding carboxylic acids is 2. The quantitative estimate of drug-likeness (QED) is 0.689. The van der Waals surface area contributed by atoms with E-state index in [1.807, 2.05) is 0 Å². The molecule has 0 radical (unpaired) electrons. The van der Waals surface area contributed by atoms with E-state index >= 15 is 0 Å². The molecule has 0 aliphatic rings. The smallest absolute Gasteiger partial charge is 0.321 e. The van der Waals surface area contributed by atoms with Crippen LogP contribution in [0.15, 0.2) is 18.2 Å². The Kier molecular flexibility index (Phi) is 4.99. The van der Waals surface area contributed by atoms with Crippen molar-refractivity contribution in [3.63, 3.8) is 0 Å². The van der Waals surface area contributed by atoms with Crippen molar-refractivity contribution >= 4 is 17.6 Å². The van der Waals surface area contributed by atoms with Crippen LogP contribution in [0.25, 0.3) is 0 Å². The minimum Gasteiger partial charge on any atom is -0.497 e. The SMILES string of the molecule is CNC(=O)NC(=O)C(C)Oc1cc(OC)ccc1N. The Labute approximate surface area is 111 Å². The van der Waals surface area contributed by atoms with Crippen molar-refractivity contribution in [3.8, 4) is 11.5 Å². The van der Waals surface area contributed by atoms with Crippen molar-refractivity contribution in [3.05, 3.63) is 18.2 Å². The summed E-state index contributed by atoms with van der Waals surface area (Å²) in [4.78, 5) is 22.6. The van der Waals surface area contributed by atoms with Crippen molar-refractivity contribution in [1.29, 1.82) is 0 Å². The molecule has 4 N–H and O–H groups in total. The highest BCUT2D eigenvalue weighted by atomic mass is 16.5. The lowest BCUT2D eigenvalue weighted by Crippen LogP contribution is -2.44. The van der Waals surface area contributed by atoms with E-state index in [9.17, 15) is 9.59 Å². The van der Waals surface area contributed by atoms with E-state index in [1.165, 1.54) is 21.1 Å². The molecular formula is C12H17N3O4. The normalized spacial score (nSPS) is 11.3. The number of urea groups is 1. The summed E-state index contributed by atoms with van der Waals surface area (Å²) >= 11 is 0. The fourth-order valence-corrected chi connectivity index (χ4v) is 1.26. The van der Waals surface area contributed by atoms with Crippen LogP contribution < -0.4 is 25.8 Å².